The molecule has 0 amide bonds. The molecule has 0 aromatic carbocycles. The lowest BCUT2D eigenvalue weighted by atomic mass is 9.86. The average Bonchev–Trinajstić information content (AvgIpc) is 2.74. The molecule has 0 saturated carbocycles. The van der Waals surface area contributed by atoms with Crippen molar-refractivity contribution < 1.29 is 0 Å². The number of hydrogen-bond donors (Lipinski definition) is 0. The summed E-state index contributed by atoms with van der Waals surface area (Å²) in [5, 5.41) is 0. The normalized spacial score (nSPS) is 35.1. The predicted molar refractivity (Wildman–Crippen MR) is 63.5 cm³/mol. The molecular weight excluding hydrogens is 192 g/mol. The SMILES string of the molecule is CSN1CCC2(CCN(C(C)C)C2)C1. The van der Waals surface area contributed by atoms with Crippen LogP contribution in [0.25, 0.3) is 0 Å². The first-order valence-corrected chi connectivity index (χ1v) is 6.86. The molecule has 2 aliphatic heterocycles. The molecule has 0 bridgehead atoms. The van der Waals surface area contributed by atoms with E-state index in [0.717, 1.165) is 6.04 Å². The van der Waals surface area contributed by atoms with Gasteiger partial charge in [0.2, 0.25) is 0 Å². The lowest BCUT2D eigenvalue weighted by Gasteiger charge is -2.26. The first-order chi connectivity index (χ1) is 6.65. The van der Waals surface area contributed by atoms with Gasteiger partial charge in [-0.3, -0.25) is 4.31 Å². The Bertz CT molecular complexity index is 207. The van der Waals surface area contributed by atoms with E-state index >= 15 is 0 Å². The maximum absolute atomic E-state index is 2.64. The van der Waals surface area contributed by atoms with E-state index in [2.05, 4.69) is 29.3 Å². The van der Waals surface area contributed by atoms with E-state index in [-0.39, 0.29) is 0 Å². The van der Waals surface area contributed by atoms with Gasteiger partial charge in [0.15, 0.2) is 0 Å². The van der Waals surface area contributed by atoms with Crippen molar-refractivity contribution in [2.24, 2.45) is 5.41 Å². The van der Waals surface area contributed by atoms with Crippen LogP contribution >= 0.6 is 11.9 Å². The molecule has 0 radical (unpaired) electrons. The van der Waals surface area contributed by atoms with Crippen molar-refractivity contribution in [3.05, 3.63) is 0 Å². The van der Waals surface area contributed by atoms with Crippen LogP contribution in [0.5, 0.6) is 0 Å². The molecule has 82 valence electrons. The molecule has 0 N–H and O–H groups in total. The van der Waals surface area contributed by atoms with Crippen LogP contribution in [0.1, 0.15) is 26.7 Å². The molecule has 2 aliphatic rings. The highest BCUT2D eigenvalue weighted by atomic mass is 32.2. The first-order valence-electron chi connectivity index (χ1n) is 5.68. The highest BCUT2D eigenvalue weighted by molar-refractivity contribution is 7.96. The minimum absolute atomic E-state index is 0.646. The Kier molecular flexibility index (Phi) is 3.10. The zero-order chi connectivity index (χ0) is 10.2. The van der Waals surface area contributed by atoms with Gasteiger partial charge in [-0.05, 0) is 44.9 Å². The molecule has 2 fully saturated rings. The van der Waals surface area contributed by atoms with Crippen molar-refractivity contribution in [1.29, 1.82) is 0 Å². The summed E-state index contributed by atoms with van der Waals surface area (Å²) in [6.45, 7) is 9.91. The van der Waals surface area contributed by atoms with Gasteiger partial charge in [0, 0.05) is 25.7 Å². The van der Waals surface area contributed by atoms with Gasteiger partial charge in [-0.2, -0.15) is 0 Å². The topological polar surface area (TPSA) is 6.48 Å². The minimum atomic E-state index is 0.646. The lowest BCUT2D eigenvalue weighted by molar-refractivity contribution is 0.230. The van der Waals surface area contributed by atoms with Crippen LogP contribution in [-0.2, 0) is 0 Å². The maximum Gasteiger partial charge on any atom is 0.0159 e. The van der Waals surface area contributed by atoms with Gasteiger partial charge in [0.25, 0.3) is 0 Å². The highest BCUT2D eigenvalue weighted by Gasteiger charge is 2.43. The molecule has 1 unspecified atom stereocenters. The quantitative estimate of drug-likeness (QED) is 0.650. The van der Waals surface area contributed by atoms with Crippen molar-refractivity contribution in [2.45, 2.75) is 32.7 Å². The van der Waals surface area contributed by atoms with E-state index < -0.39 is 0 Å². The van der Waals surface area contributed by atoms with E-state index in [1.807, 2.05) is 11.9 Å². The molecule has 0 aromatic rings. The largest absolute Gasteiger partial charge is 0.300 e. The Morgan fingerprint density at radius 3 is 2.36 bits per heavy atom. The minimum Gasteiger partial charge on any atom is -0.300 e. The van der Waals surface area contributed by atoms with E-state index in [0.29, 0.717) is 5.41 Å². The third-order valence-electron chi connectivity index (χ3n) is 3.86. The van der Waals surface area contributed by atoms with Crippen LogP contribution in [0.15, 0.2) is 0 Å². The van der Waals surface area contributed by atoms with Crippen LogP contribution in [0.2, 0.25) is 0 Å². The van der Waals surface area contributed by atoms with Crippen molar-refractivity contribution in [3.63, 3.8) is 0 Å². The second kappa shape index (κ2) is 4.03. The number of rotatable bonds is 2. The molecule has 1 spiro atoms. The van der Waals surface area contributed by atoms with E-state index in [4.69, 9.17) is 0 Å². The van der Waals surface area contributed by atoms with Gasteiger partial charge >= 0.3 is 0 Å². The third-order valence-corrected chi connectivity index (χ3v) is 4.69. The summed E-state index contributed by atoms with van der Waals surface area (Å²) in [4.78, 5) is 2.64. The van der Waals surface area contributed by atoms with Crippen molar-refractivity contribution in [1.82, 2.24) is 9.21 Å². The van der Waals surface area contributed by atoms with Crippen molar-refractivity contribution >= 4 is 11.9 Å². The smallest absolute Gasteiger partial charge is 0.0159 e. The molecule has 0 aliphatic carbocycles. The Balaban J connectivity index is 1.94. The van der Waals surface area contributed by atoms with Crippen molar-refractivity contribution in [3.8, 4) is 0 Å². The Labute approximate surface area is 92.2 Å². The summed E-state index contributed by atoms with van der Waals surface area (Å²) in [5.41, 5.74) is 0.646. The fourth-order valence-corrected chi connectivity index (χ4v) is 3.47. The van der Waals surface area contributed by atoms with Gasteiger partial charge in [-0.1, -0.05) is 11.9 Å². The summed E-state index contributed by atoms with van der Waals surface area (Å²) in [5.74, 6) is 0. The third kappa shape index (κ3) is 1.95. The molecule has 14 heavy (non-hydrogen) atoms. The van der Waals surface area contributed by atoms with Crippen LogP contribution in [0, 0.1) is 5.41 Å². The summed E-state index contributed by atoms with van der Waals surface area (Å²) in [6.07, 6.45) is 5.04. The van der Waals surface area contributed by atoms with Crippen LogP contribution in [0.3, 0.4) is 0 Å². The molecule has 2 saturated heterocycles. The zero-order valence-electron chi connectivity index (χ0n) is 9.62. The fraction of sp³-hybridized carbons (Fsp3) is 1.00. The number of nitrogens with zero attached hydrogens (tertiary/aromatic N) is 2. The molecule has 0 aromatic heterocycles. The Morgan fingerprint density at radius 1 is 1.14 bits per heavy atom. The summed E-state index contributed by atoms with van der Waals surface area (Å²) >= 11 is 1.92. The zero-order valence-corrected chi connectivity index (χ0v) is 10.4. The highest BCUT2D eigenvalue weighted by Crippen LogP contribution is 2.41. The number of hydrogen-bond acceptors (Lipinski definition) is 3. The van der Waals surface area contributed by atoms with E-state index in [9.17, 15) is 0 Å². The Hall–Kier alpha value is 0.270. The van der Waals surface area contributed by atoms with E-state index in [1.54, 1.807) is 0 Å². The van der Waals surface area contributed by atoms with Gasteiger partial charge < -0.3 is 4.90 Å². The second-order valence-corrected chi connectivity index (χ2v) is 5.99. The summed E-state index contributed by atoms with van der Waals surface area (Å²) in [7, 11) is 0. The summed E-state index contributed by atoms with van der Waals surface area (Å²) in [6, 6.07) is 0.734. The van der Waals surface area contributed by atoms with Gasteiger partial charge in [0.05, 0.1) is 0 Å². The van der Waals surface area contributed by atoms with Gasteiger partial charge in [0.1, 0.15) is 0 Å². The number of likely N-dealkylation sites (tertiary alicyclic amines) is 1. The maximum atomic E-state index is 2.64. The standard InChI is InChI=1S/C11H22N2S/c1-10(2)12-6-4-11(8-12)5-7-13(9-11)14-3/h10H,4-9H2,1-3H3. The molecule has 3 heteroatoms. The Morgan fingerprint density at radius 2 is 1.86 bits per heavy atom. The summed E-state index contributed by atoms with van der Waals surface area (Å²) < 4.78 is 2.53. The van der Waals surface area contributed by atoms with Gasteiger partial charge in [-0.15, -0.1) is 0 Å². The van der Waals surface area contributed by atoms with E-state index in [1.165, 1.54) is 39.0 Å². The average molecular weight is 214 g/mol. The lowest BCUT2D eigenvalue weighted by Crippen LogP contribution is -2.33. The van der Waals surface area contributed by atoms with Crippen LogP contribution < -0.4 is 0 Å². The molecule has 2 nitrogen and oxygen atoms in total. The van der Waals surface area contributed by atoms with Crippen LogP contribution in [0.4, 0.5) is 0 Å². The monoisotopic (exact) mass is 214 g/mol. The molecule has 1 atom stereocenters. The van der Waals surface area contributed by atoms with Gasteiger partial charge in [-0.25, -0.2) is 0 Å². The molecule has 2 heterocycles. The second-order valence-electron chi connectivity index (χ2n) is 5.11. The molecular formula is C11H22N2S. The first kappa shape index (κ1) is 10.8. The molecule has 2 rings (SSSR count). The van der Waals surface area contributed by atoms with Crippen LogP contribution in [-0.4, -0.2) is 47.7 Å². The fourth-order valence-electron chi connectivity index (χ4n) is 2.79. The van der Waals surface area contributed by atoms with Crippen molar-refractivity contribution in [2.75, 3.05) is 32.4 Å². The predicted octanol–water partition coefficient (Wildman–Crippen LogP) is 2.07.